The summed E-state index contributed by atoms with van der Waals surface area (Å²) in [6.07, 6.45) is 0.777. The predicted octanol–water partition coefficient (Wildman–Crippen LogP) is 4.49. The van der Waals surface area contributed by atoms with E-state index in [1.165, 1.54) is 5.56 Å². The number of para-hydroxylation sites is 1. The molecule has 0 saturated heterocycles. The number of aromatic nitrogens is 1. The summed E-state index contributed by atoms with van der Waals surface area (Å²) in [6, 6.07) is 15.6. The second-order valence-corrected chi connectivity index (χ2v) is 6.95. The van der Waals surface area contributed by atoms with Crippen LogP contribution < -0.4 is 10.1 Å². The quantitative estimate of drug-likeness (QED) is 0.670. The number of amides is 1. The van der Waals surface area contributed by atoms with Crippen LogP contribution in [0.4, 0.5) is 0 Å². The van der Waals surface area contributed by atoms with Crippen molar-refractivity contribution in [3.8, 4) is 17.0 Å². The van der Waals surface area contributed by atoms with Gasteiger partial charge in [0.15, 0.2) is 0 Å². The van der Waals surface area contributed by atoms with Crippen LogP contribution in [0, 0.1) is 6.92 Å². The Morgan fingerprint density at radius 3 is 2.62 bits per heavy atom. The lowest BCUT2D eigenvalue weighted by Gasteiger charge is -2.10. The molecule has 1 N–H and O–H groups in total. The minimum Gasteiger partial charge on any atom is -0.493 e. The van der Waals surface area contributed by atoms with E-state index in [1.54, 1.807) is 17.4 Å². The average Bonchev–Trinajstić information content (AvgIpc) is 3.09. The van der Waals surface area contributed by atoms with Gasteiger partial charge in [-0.15, -0.1) is 11.3 Å². The first-order valence-corrected chi connectivity index (χ1v) is 9.57. The number of aryl methyl sites for hydroxylation is 1. The first-order valence-electron chi connectivity index (χ1n) is 8.69. The molecule has 0 unspecified atom stereocenters. The molecule has 0 aliphatic rings. The highest BCUT2D eigenvalue weighted by Crippen LogP contribution is 2.22. The molecule has 2 aromatic carbocycles. The van der Waals surface area contributed by atoms with Gasteiger partial charge in [-0.1, -0.05) is 36.4 Å². The molecule has 0 aliphatic heterocycles. The second-order valence-electron chi connectivity index (χ2n) is 5.88. The maximum atomic E-state index is 12.4. The molecule has 1 heterocycles. The third-order valence-electron chi connectivity index (χ3n) is 4.00. The molecule has 4 nitrogen and oxygen atoms in total. The van der Waals surface area contributed by atoms with E-state index in [9.17, 15) is 4.79 Å². The maximum absolute atomic E-state index is 12.4. The predicted molar refractivity (Wildman–Crippen MR) is 106 cm³/mol. The van der Waals surface area contributed by atoms with Gasteiger partial charge in [0.25, 0.3) is 5.91 Å². The Kier molecular flexibility index (Phi) is 6.02. The Morgan fingerprint density at radius 2 is 1.92 bits per heavy atom. The largest absolute Gasteiger partial charge is 0.493 e. The molecule has 0 saturated carbocycles. The summed E-state index contributed by atoms with van der Waals surface area (Å²) in [6.45, 7) is 5.03. The van der Waals surface area contributed by atoms with Crippen LogP contribution in [0.25, 0.3) is 11.3 Å². The van der Waals surface area contributed by atoms with E-state index >= 15 is 0 Å². The van der Waals surface area contributed by atoms with Gasteiger partial charge in [0.05, 0.1) is 22.9 Å². The van der Waals surface area contributed by atoms with Crippen molar-refractivity contribution in [2.24, 2.45) is 0 Å². The first kappa shape index (κ1) is 18.1. The van der Waals surface area contributed by atoms with Crippen LogP contribution in [0.15, 0.2) is 53.9 Å². The molecule has 5 heteroatoms. The van der Waals surface area contributed by atoms with Crippen LogP contribution in [0.2, 0.25) is 0 Å². The van der Waals surface area contributed by atoms with Crippen molar-refractivity contribution < 1.29 is 9.53 Å². The number of hydrogen-bond donors (Lipinski definition) is 1. The topological polar surface area (TPSA) is 51.2 Å². The first-order chi connectivity index (χ1) is 12.7. The molecule has 0 bridgehead atoms. The molecular weight excluding hydrogens is 344 g/mol. The highest BCUT2D eigenvalue weighted by Gasteiger charge is 2.11. The van der Waals surface area contributed by atoms with Crippen molar-refractivity contribution in [2.45, 2.75) is 20.3 Å². The van der Waals surface area contributed by atoms with Gasteiger partial charge in [0.1, 0.15) is 5.75 Å². The molecule has 26 heavy (non-hydrogen) atoms. The van der Waals surface area contributed by atoms with Crippen LogP contribution in [0.3, 0.4) is 0 Å². The number of carbonyl (C=O) groups is 1. The zero-order valence-electron chi connectivity index (χ0n) is 15.0. The van der Waals surface area contributed by atoms with E-state index in [-0.39, 0.29) is 5.91 Å². The van der Waals surface area contributed by atoms with Gasteiger partial charge < -0.3 is 10.1 Å². The minimum atomic E-state index is -0.108. The van der Waals surface area contributed by atoms with Crippen LogP contribution in [0.1, 0.15) is 27.9 Å². The average molecular weight is 366 g/mol. The minimum absolute atomic E-state index is 0.108. The molecule has 0 aliphatic carbocycles. The van der Waals surface area contributed by atoms with E-state index in [1.807, 2.05) is 32.0 Å². The van der Waals surface area contributed by atoms with Gasteiger partial charge >= 0.3 is 0 Å². The zero-order valence-corrected chi connectivity index (χ0v) is 15.8. The van der Waals surface area contributed by atoms with Crippen molar-refractivity contribution in [1.82, 2.24) is 10.3 Å². The summed E-state index contributed by atoms with van der Waals surface area (Å²) in [7, 11) is 0. The smallest absolute Gasteiger partial charge is 0.255 e. The third kappa shape index (κ3) is 4.49. The Balaban J connectivity index is 1.56. The van der Waals surface area contributed by atoms with E-state index in [0.29, 0.717) is 24.5 Å². The molecule has 1 aromatic heterocycles. The Bertz CT molecular complexity index is 872. The van der Waals surface area contributed by atoms with E-state index in [0.717, 1.165) is 22.7 Å². The molecule has 3 aromatic rings. The van der Waals surface area contributed by atoms with Gasteiger partial charge in [-0.2, -0.15) is 0 Å². The lowest BCUT2D eigenvalue weighted by atomic mass is 10.1. The summed E-state index contributed by atoms with van der Waals surface area (Å²) in [4.78, 5) is 16.9. The summed E-state index contributed by atoms with van der Waals surface area (Å²) in [5.41, 5.74) is 3.88. The SMILES string of the molecule is CCOc1ccccc1C(=O)NCCc1ccc(-c2csc(C)n2)cc1. The molecule has 0 spiro atoms. The van der Waals surface area contributed by atoms with Crippen LogP contribution in [-0.4, -0.2) is 24.0 Å². The number of nitrogens with one attached hydrogen (secondary N) is 1. The van der Waals surface area contributed by atoms with Gasteiger partial charge in [-0.3, -0.25) is 4.79 Å². The Morgan fingerprint density at radius 1 is 1.15 bits per heavy atom. The fourth-order valence-corrected chi connectivity index (χ4v) is 3.31. The van der Waals surface area contributed by atoms with Crippen LogP contribution in [0.5, 0.6) is 5.75 Å². The number of ether oxygens (including phenoxy) is 1. The van der Waals surface area contributed by atoms with Crippen LogP contribution >= 0.6 is 11.3 Å². The molecular formula is C21H22N2O2S. The summed E-state index contributed by atoms with van der Waals surface area (Å²) in [5.74, 6) is 0.513. The molecule has 3 rings (SSSR count). The Hall–Kier alpha value is -2.66. The summed E-state index contributed by atoms with van der Waals surface area (Å²) < 4.78 is 5.51. The fourth-order valence-electron chi connectivity index (χ4n) is 2.69. The van der Waals surface area contributed by atoms with Gasteiger partial charge in [0.2, 0.25) is 0 Å². The van der Waals surface area contributed by atoms with Crippen molar-refractivity contribution in [2.75, 3.05) is 13.2 Å². The summed E-state index contributed by atoms with van der Waals surface area (Å²) in [5, 5.41) is 6.10. The number of thiazole rings is 1. The van der Waals surface area contributed by atoms with Gasteiger partial charge in [-0.05, 0) is 38.0 Å². The maximum Gasteiger partial charge on any atom is 0.255 e. The second kappa shape index (κ2) is 8.63. The van der Waals surface area contributed by atoms with E-state index in [4.69, 9.17) is 4.74 Å². The van der Waals surface area contributed by atoms with Crippen molar-refractivity contribution in [3.05, 3.63) is 70.0 Å². The van der Waals surface area contributed by atoms with Crippen molar-refractivity contribution in [3.63, 3.8) is 0 Å². The summed E-state index contributed by atoms with van der Waals surface area (Å²) >= 11 is 1.65. The number of benzene rings is 2. The Labute approximate surface area is 157 Å². The van der Waals surface area contributed by atoms with Crippen molar-refractivity contribution in [1.29, 1.82) is 0 Å². The molecule has 1 amide bonds. The van der Waals surface area contributed by atoms with E-state index in [2.05, 4.69) is 39.9 Å². The van der Waals surface area contributed by atoms with Crippen molar-refractivity contribution >= 4 is 17.2 Å². The normalized spacial score (nSPS) is 10.5. The number of rotatable bonds is 7. The lowest BCUT2D eigenvalue weighted by molar-refractivity contribution is 0.0950. The third-order valence-corrected chi connectivity index (χ3v) is 4.77. The molecule has 0 atom stereocenters. The van der Waals surface area contributed by atoms with E-state index < -0.39 is 0 Å². The molecule has 0 radical (unpaired) electrons. The van der Waals surface area contributed by atoms with Crippen LogP contribution in [-0.2, 0) is 6.42 Å². The molecule has 134 valence electrons. The van der Waals surface area contributed by atoms with Gasteiger partial charge in [-0.25, -0.2) is 4.98 Å². The zero-order chi connectivity index (χ0) is 18.4. The molecule has 0 fully saturated rings. The number of hydrogen-bond acceptors (Lipinski definition) is 4. The standard InChI is InChI=1S/C21H22N2O2S/c1-3-25-20-7-5-4-6-18(20)21(24)22-13-12-16-8-10-17(11-9-16)19-14-26-15(2)23-19/h4-11,14H,3,12-13H2,1-2H3,(H,22,24). The highest BCUT2D eigenvalue weighted by atomic mass is 32.1. The monoisotopic (exact) mass is 366 g/mol. The highest BCUT2D eigenvalue weighted by molar-refractivity contribution is 7.09. The lowest BCUT2D eigenvalue weighted by Crippen LogP contribution is -2.26. The van der Waals surface area contributed by atoms with Gasteiger partial charge in [0, 0.05) is 17.5 Å². The number of nitrogens with zero attached hydrogens (tertiary/aromatic N) is 1. The number of carbonyl (C=O) groups excluding carboxylic acids is 1. The fraction of sp³-hybridized carbons (Fsp3) is 0.238.